The van der Waals surface area contributed by atoms with Crippen molar-refractivity contribution in [2.24, 2.45) is 0 Å². The first-order valence-electron chi connectivity index (χ1n) is 5.51. The standard InChI is InChI=1S/C11H24N2O2/c1-6-7-12-8-9-13(5)10(14)15-11(2,3)4/h12H,6-9H2,1-5H3. The molecule has 0 saturated carbocycles. The van der Waals surface area contributed by atoms with Crippen molar-refractivity contribution in [3.8, 4) is 0 Å². The average molecular weight is 216 g/mol. The van der Waals surface area contributed by atoms with Crippen LogP contribution in [0.25, 0.3) is 0 Å². The summed E-state index contributed by atoms with van der Waals surface area (Å²) in [4.78, 5) is 13.1. The summed E-state index contributed by atoms with van der Waals surface area (Å²) >= 11 is 0. The largest absolute Gasteiger partial charge is 0.444 e. The van der Waals surface area contributed by atoms with E-state index >= 15 is 0 Å². The molecule has 90 valence electrons. The smallest absolute Gasteiger partial charge is 0.410 e. The van der Waals surface area contributed by atoms with E-state index in [1.165, 1.54) is 0 Å². The van der Waals surface area contributed by atoms with Gasteiger partial charge in [-0.05, 0) is 33.7 Å². The summed E-state index contributed by atoms with van der Waals surface area (Å²) < 4.78 is 5.22. The Morgan fingerprint density at radius 3 is 2.40 bits per heavy atom. The van der Waals surface area contributed by atoms with Gasteiger partial charge in [-0.15, -0.1) is 0 Å². The molecule has 0 atom stereocenters. The lowest BCUT2D eigenvalue weighted by molar-refractivity contribution is 0.0300. The molecule has 0 aromatic rings. The monoisotopic (exact) mass is 216 g/mol. The minimum absolute atomic E-state index is 0.263. The molecule has 0 aromatic heterocycles. The van der Waals surface area contributed by atoms with Crippen LogP contribution < -0.4 is 5.32 Å². The van der Waals surface area contributed by atoms with Crippen molar-refractivity contribution < 1.29 is 9.53 Å². The maximum Gasteiger partial charge on any atom is 0.410 e. The van der Waals surface area contributed by atoms with Gasteiger partial charge in [0.1, 0.15) is 5.60 Å². The second kappa shape index (κ2) is 6.67. The molecule has 1 N–H and O–H groups in total. The summed E-state index contributed by atoms with van der Waals surface area (Å²) in [5.74, 6) is 0. The van der Waals surface area contributed by atoms with E-state index in [1.807, 2.05) is 20.8 Å². The second-order valence-corrected chi connectivity index (χ2v) is 4.65. The molecule has 0 unspecified atom stereocenters. The Bertz CT molecular complexity index is 188. The molecule has 0 aromatic carbocycles. The lowest BCUT2D eigenvalue weighted by Gasteiger charge is -2.24. The first-order valence-corrected chi connectivity index (χ1v) is 5.51. The zero-order chi connectivity index (χ0) is 11.9. The van der Waals surface area contributed by atoms with E-state index in [-0.39, 0.29) is 6.09 Å². The van der Waals surface area contributed by atoms with Crippen LogP contribution in [0, 0.1) is 0 Å². The van der Waals surface area contributed by atoms with Crippen LogP contribution in [0.1, 0.15) is 34.1 Å². The van der Waals surface area contributed by atoms with Gasteiger partial charge in [-0.25, -0.2) is 4.79 Å². The zero-order valence-corrected chi connectivity index (χ0v) is 10.6. The maximum absolute atomic E-state index is 11.5. The fraction of sp³-hybridized carbons (Fsp3) is 0.909. The molecule has 0 spiro atoms. The zero-order valence-electron chi connectivity index (χ0n) is 10.6. The van der Waals surface area contributed by atoms with Crippen molar-refractivity contribution in [3.63, 3.8) is 0 Å². The van der Waals surface area contributed by atoms with E-state index in [2.05, 4.69) is 12.2 Å². The molecule has 0 saturated heterocycles. The minimum Gasteiger partial charge on any atom is -0.444 e. The molecule has 0 aliphatic carbocycles. The molecule has 0 bridgehead atoms. The van der Waals surface area contributed by atoms with Gasteiger partial charge in [0.2, 0.25) is 0 Å². The summed E-state index contributed by atoms with van der Waals surface area (Å²) in [6.45, 7) is 10.2. The molecule has 15 heavy (non-hydrogen) atoms. The lowest BCUT2D eigenvalue weighted by Crippen LogP contribution is -2.38. The predicted molar refractivity (Wildman–Crippen MR) is 62.0 cm³/mol. The molecule has 0 radical (unpaired) electrons. The minimum atomic E-state index is -0.414. The van der Waals surface area contributed by atoms with Gasteiger partial charge in [0.05, 0.1) is 0 Å². The normalized spacial score (nSPS) is 11.3. The summed E-state index contributed by atoms with van der Waals surface area (Å²) in [7, 11) is 1.75. The van der Waals surface area contributed by atoms with Crippen LogP contribution in [0.5, 0.6) is 0 Å². The highest BCUT2D eigenvalue weighted by atomic mass is 16.6. The molecule has 0 fully saturated rings. The molecular weight excluding hydrogens is 192 g/mol. The van der Waals surface area contributed by atoms with Crippen molar-refractivity contribution >= 4 is 6.09 Å². The van der Waals surface area contributed by atoms with Crippen molar-refractivity contribution in [1.29, 1.82) is 0 Å². The van der Waals surface area contributed by atoms with Gasteiger partial charge >= 0.3 is 6.09 Å². The Hall–Kier alpha value is -0.770. The van der Waals surface area contributed by atoms with Crippen LogP contribution in [0.2, 0.25) is 0 Å². The molecule has 0 aliphatic heterocycles. The van der Waals surface area contributed by atoms with E-state index in [1.54, 1.807) is 11.9 Å². The van der Waals surface area contributed by atoms with Gasteiger partial charge in [0.15, 0.2) is 0 Å². The Labute approximate surface area is 93.0 Å². The first kappa shape index (κ1) is 14.2. The number of likely N-dealkylation sites (N-methyl/N-ethyl adjacent to an activating group) is 1. The summed E-state index contributed by atoms with van der Waals surface area (Å²) in [5, 5.41) is 3.23. The molecule has 4 nitrogen and oxygen atoms in total. The molecule has 0 aliphatic rings. The fourth-order valence-electron chi connectivity index (χ4n) is 0.980. The van der Waals surface area contributed by atoms with E-state index in [0.29, 0.717) is 6.54 Å². The van der Waals surface area contributed by atoms with Crippen molar-refractivity contribution in [1.82, 2.24) is 10.2 Å². The van der Waals surface area contributed by atoms with Gasteiger partial charge < -0.3 is 15.0 Å². The quantitative estimate of drug-likeness (QED) is 0.713. The number of hydrogen-bond donors (Lipinski definition) is 1. The van der Waals surface area contributed by atoms with Crippen LogP contribution in [-0.4, -0.2) is 43.3 Å². The Kier molecular flexibility index (Phi) is 6.32. The van der Waals surface area contributed by atoms with E-state index in [4.69, 9.17) is 4.74 Å². The van der Waals surface area contributed by atoms with Crippen LogP contribution in [0.4, 0.5) is 4.79 Å². The van der Waals surface area contributed by atoms with Crippen molar-refractivity contribution in [2.45, 2.75) is 39.7 Å². The molecule has 0 rings (SSSR count). The number of nitrogens with one attached hydrogen (secondary N) is 1. The van der Waals surface area contributed by atoms with Gasteiger partial charge in [0, 0.05) is 20.1 Å². The summed E-state index contributed by atoms with van der Waals surface area (Å²) in [6, 6.07) is 0. The van der Waals surface area contributed by atoms with Gasteiger partial charge in [-0.1, -0.05) is 6.92 Å². The third-order valence-corrected chi connectivity index (χ3v) is 1.76. The number of rotatable bonds is 5. The van der Waals surface area contributed by atoms with Crippen LogP contribution in [-0.2, 0) is 4.74 Å². The Morgan fingerprint density at radius 2 is 1.93 bits per heavy atom. The number of hydrogen-bond acceptors (Lipinski definition) is 3. The SMILES string of the molecule is CCCNCCN(C)C(=O)OC(C)(C)C. The lowest BCUT2D eigenvalue weighted by atomic mass is 10.2. The van der Waals surface area contributed by atoms with E-state index in [0.717, 1.165) is 19.5 Å². The van der Waals surface area contributed by atoms with Crippen LogP contribution in [0.3, 0.4) is 0 Å². The Morgan fingerprint density at radius 1 is 1.33 bits per heavy atom. The molecular formula is C11H24N2O2. The molecule has 1 amide bonds. The highest BCUT2D eigenvalue weighted by Gasteiger charge is 2.18. The third-order valence-electron chi connectivity index (χ3n) is 1.76. The highest BCUT2D eigenvalue weighted by Crippen LogP contribution is 2.08. The number of amides is 1. The van der Waals surface area contributed by atoms with E-state index in [9.17, 15) is 4.79 Å². The first-order chi connectivity index (χ1) is 6.87. The van der Waals surface area contributed by atoms with Gasteiger partial charge in [-0.2, -0.15) is 0 Å². The molecule has 4 heteroatoms. The van der Waals surface area contributed by atoms with Gasteiger partial charge in [0.25, 0.3) is 0 Å². The topological polar surface area (TPSA) is 41.6 Å². The highest BCUT2D eigenvalue weighted by molar-refractivity contribution is 5.67. The average Bonchev–Trinajstić information content (AvgIpc) is 2.09. The predicted octanol–water partition coefficient (Wildman–Crippen LogP) is 1.85. The number of nitrogens with zero attached hydrogens (tertiary/aromatic N) is 1. The summed E-state index contributed by atoms with van der Waals surface area (Å²) in [6.07, 6.45) is 0.844. The van der Waals surface area contributed by atoms with Crippen molar-refractivity contribution in [2.75, 3.05) is 26.7 Å². The number of ether oxygens (including phenoxy) is 1. The van der Waals surface area contributed by atoms with Crippen LogP contribution >= 0.6 is 0 Å². The van der Waals surface area contributed by atoms with E-state index < -0.39 is 5.60 Å². The third kappa shape index (κ3) is 8.24. The Balaban J connectivity index is 3.70. The number of carbonyl (C=O) groups excluding carboxylic acids is 1. The fourth-order valence-corrected chi connectivity index (χ4v) is 0.980. The summed E-state index contributed by atoms with van der Waals surface area (Å²) in [5.41, 5.74) is -0.414. The number of carbonyl (C=O) groups is 1. The molecule has 0 heterocycles. The van der Waals surface area contributed by atoms with Crippen LogP contribution in [0.15, 0.2) is 0 Å². The van der Waals surface area contributed by atoms with Crippen molar-refractivity contribution in [3.05, 3.63) is 0 Å². The second-order valence-electron chi connectivity index (χ2n) is 4.65. The maximum atomic E-state index is 11.5. The van der Waals surface area contributed by atoms with Gasteiger partial charge in [-0.3, -0.25) is 0 Å².